The molecule has 0 bridgehead atoms. The first kappa shape index (κ1) is 32.5. The van der Waals surface area contributed by atoms with Gasteiger partial charge in [0.2, 0.25) is 0 Å². The first-order valence-electron chi connectivity index (χ1n) is 19.3. The monoisotopic (exact) mass is 764 g/mol. The molecule has 12 rings (SSSR count). The normalized spacial score (nSPS) is 14.3. The molecule has 4 heterocycles. The molecule has 0 N–H and O–H groups in total. The summed E-state index contributed by atoms with van der Waals surface area (Å²) in [6, 6.07) is 55.1. The number of benzene rings is 7. The number of hydrogen-bond acceptors (Lipinski definition) is 5. The average molecular weight is 765 g/mol. The molecular weight excluding hydrogens is 733 g/mol. The molecule has 4 aromatic heterocycles. The second-order valence-electron chi connectivity index (χ2n) is 14.8. The molecule has 0 spiro atoms. The van der Waals surface area contributed by atoms with Gasteiger partial charge < -0.3 is 4.57 Å². The van der Waals surface area contributed by atoms with Crippen molar-refractivity contribution in [1.82, 2.24) is 19.5 Å². The van der Waals surface area contributed by atoms with E-state index >= 15 is 0 Å². The Morgan fingerprint density at radius 3 is 1.88 bits per heavy atom. The number of aromatic nitrogens is 4. The van der Waals surface area contributed by atoms with E-state index < -0.39 is 0 Å². The standard InChI is InChI=1S/C51H32N4S2/c1-4-12-31(13-5-1)49-52-50(32-14-6-2-7-15-32)54-51(53-49)35-21-24-39-38-23-20-34(27-46(38)57-47(39)28-35)33-22-25-43-40(26-33)41-30-48-42(37-18-10-11-19-45(37)56-48)29-44(41)55(43)36-16-8-3-9-17-36/h1-14,16-30,32H,15H2. The van der Waals surface area contributed by atoms with E-state index in [1.165, 1.54) is 79.0 Å². The van der Waals surface area contributed by atoms with Crippen LogP contribution in [-0.4, -0.2) is 19.5 Å². The molecule has 57 heavy (non-hydrogen) atoms. The first-order chi connectivity index (χ1) is 28.2. The van der Waals surface area contributed by atoms with Crippen molar-refractivity contribution < 1.29 is 0 Å². The summed E-state index contributed by atoms with van der Waals surface area (Å²) in [5.41, 5.74) is 8.03. The summed E-state index contributed by atoms with van der Waals surface area (Å²) in [4.78, 5) is 15.0. The zero-order chi connectivity index (χ0) is 37.5. The Kier molecular flexibility index (Phi) is 7.37. The van der Waals surface area contributed by atoms with Crippen molar-refractivity contribution in [3.05, 3.63) is 182 Å². The Morgan fingerprint density at radius 2 is 1.07 bits per heavy atom. The van der Waals surface area contributed by atoms with Crippen molar-refractivity contribution in [2.24, 2.45) is 0 Å². The van der Waals surface area contributed by atoms with Gasteiger partial charge >= 0.3 is 0 Å². The molecule has 0 fully saturated rings. The van der Waals surface area contributed by atoms with E-state index in [1.54, 1.807) is 0 Å². The van der Waals surface area contributed by atoms with Crippen LogP contribution in [0.5, 0.6) is 0 Å². The lowest BCUT2D eigenvalue weighted by molar-refractivity contribution is 0.764. The third-order valence-electron chi connectivity index (χ3n) is 11.3. The number of para-hydroxylation sites is 1. The highest BCUT2D eigenvalue weighted by Gasteiger charge is 2.19. The third kappa shape index (κ3) is 5.36. The molecule has 268 valence electrons. The second kappa shape index (κ2) is 12.9. The summed E-state index contributed by atoms with van der Waals surface area (Å²) in [6.07, 6.45) is 9.41. The topological polar surface area (TPSA) is 43.6 Å². The fourth-order valence-corrected chi connectivity index (χ4v) is 10.9. The predicted octanol–water partition coefficient (Wildman–Crippen LogP) is 14.3. The van der Waals surface area contributed by atoms with Gasteiger partial charge in [-0.15, -0.1) is 22.7 Å². The van der Waals surface area contributed by atoms with Crippen molar-refractivity contribution in [3.8, 4) is 39.6 Å². The van der Waals surface area contributed by atoms with E-state index in [4.69, 9.17) is 15.0 Å². The summed E-state index contributed by atoms with van der Waals surface area (Å²) < 4.78 is 7.55. The average Bonchev–Trinajstić information content (AvgIpc) is 3.94. The van der Waals surface area contributed by atoms with E-state index in [2.05, 4.69) is 162 Å². The Morgan fingerprint density at radius 1 is 0.439 bits per heavy atom. The zero-order valence-electron chi connectivity index (χ0n) is 30.6. The van der Waals surface area contributed by atoms with Gasteiger partial charge in [-0.25, -0.2) is 15.0 Å². The van der Waals surface area contributed by atoms with Crippen LogP contribution < -0.4 is 0 Å². The molecule has 0 aliphatic heterocycles. The highest BCUT2D eigenvalue weighted by Crippen LogP contribution is 2.43. The van der Waals surface area contributed by atoms with Crippen LogP contribution in [0.1, 0.15) is 18.2 Å². The molecule has 1 aliphatic carbocycles. The lowest BCUT2D eigenvalue weighted by Crippen LogP contribution is -2.07. The number of allylic oxidation sites excluding steroid dienone is 4. The lowest BCUT2D eigenvalue weighted by atomic mass is 10.00. The molecule has 0 saturated carbocycles. The Labute approximate surface area is 336 Å². The number of nitrogens with zero attached hydrogens (tertiary/aromatic N) is 4. The summed E-state index contributed by atoms with van der Waals surface area (Å²) in [5.74, 6) is 2.34. The van der Waals surface area contributed by atoms with Gasteiger partial charge in [-0.05, 0) is 72.1 Å². The summed E-state index contributed by atoms with van der Waals surface area (Å²) >= 11 is 3.71. The lowest BCUT2D eigenvalue weighted by Gasteiger charge is -2.14. The Bertz CT molecular complexity index is 3440. The molecule has 11 aromatic rings. The predicted molar refractivity (Wildman–Crippen MR) is 242 cm³/mol. The smallest absolute Gasteiger partial charge is 0.163 e. The van der Waals surface area contributed by atoms with Crippen LogP contribution in [0.15, 0.2) is 176 Å². The first-order valence-corrected chi connectivity index (χ1v) is 20.9. The molecule has 0 saturated heterocycles. The number of fused-ring (bicyclic) bond motifs is 9. The quantitative estimate of drug-likeness (QED) is 0.175. The van der Waals surface area contributed by atoms with Crippen LogP contribution in [-0.2, 0) is 0 Å². The van der Waals surface area contributed by atoms with Crippen molar-refractivity contribution >= 4 is 84.8 Å². The van der Waals surface area contributed by atoms with Crippen LogP contribution in [0, 0.1) is 0 Å². The highest BCUT2D eigenvalue weighted by atomic mass is 32.1. The zero-order valence-corrected chi connectivity index (χ0v) is 32.3. The van der Waals surface area contributed by atoms with Crippen LogP contribution in [0.2, 0.25) is 0 Å². The minimum atomic E-state index is 0.122. The largest absolute Gasteiger partial charge is 0.309 e. The van der Waals surface area contributed by atoms with E-state index in [0.717, 1.165) is 23.4 Å². The third-order valence-corrected chi connectivity index (χ3v) is 13.6. The van der Waals surface area contributed by atoms with E-state index in [0.29, 0.717) is 11.6 Å². The van der Waals surface area contributed by atoms with Gasteiger partial charge in [0.1, 0.15) is 5.82 Å². The molecular formula is C51H32N4S2. The van der Waals surface area contributed by atoms with Crippen molar-refractivity contribution in [2.45, 2.75) is 12.3 Å². The van der Waals surface area contributed by atoms with Crippen LogP contribution in [0.25, 0.3) is 102 Å². The molecule has 4 nitrogen and oxygen atoms in total. The maximum atomic E-state index is 5.06. The molecule has 6 heteroatoms. The fraction of sp³-hybridized carbons (Fsp3) is 0.0392. The van der Waals surface area contributed by atoms with E-state index in [9.17, 15) is 0 Å². The maximum Gasteiger partial charge on any atom is 0.163 e. The fourth-order valence-electron chi connectivity index (χ4n) is 8.54. The molecule has 1 atom stereocenters. The number of thiophene rings is 2. The highest BCUT2D eigenvalue weighted by molar-refractivity contribution is 7.26. The van der Waals surface area contributed by atoms with Gasteiger partial charge in [-0.3, -0.25) is 0 Å². The van der Waals surface area contributed by atoms with Crippen LogP contribution >= 0.6 is 22.7 Å². The molecule has 0 amide bonds. The maximum absolute atomic E-state index is 5.06. The molecule has 0 radical (unpaired) electrons. The van der Waals surface area contributed by atoms with E-state index in [-0.39, 0.29) is 5.92 Å². The van der Waals surface area contributed by atoms with Gasteiger partial charge in [0.15, 0.2) is 11.6 Å². The Balaban J connectivity index is 0.976. The molecule has 1 unspecified atom stereocenters. The van der Waals surface area contributed by atoms with Gasteiger partial charge in [-0.2, -0.15) is 0 Å². The molecule has 7 aromatic carbocycles. The summed E-state index contributed by atoms with van der Waals surface area (Å²) in [7, 11) is 0. The van der Waals surface area contributed by atoms with Crippen molar-refractivity contribution in [2.75, 3.05) is 0 Å². The molecule has 1 aliphatic rings. The minimum Gasteiger partial charge on any atom is -0.309 e. The number of hydrogen-bond donors (Lipinski definition) is 0. The van der Waals surface area contributed by atoms with E-state index in [1.807, 2.05) is 40.9 Å². The van der Waals surface area contributed by atoms with Crippen molar-refractivity contribution in [1.29, 1.82) is 0 Å². The van der Waals surface area contributed by atoms with Gasteiger partial charge in [0.05, 0.1) is 11.0 Å². The number of rotatable bonds is 5. The Hall–Kier alpha value is -6.73. The van der Waals surface area contributed by atoms with Gasteiger partial charge in [0.25, 0.3) is 0 Å². The van der Waals surface area contributed by atoms with Gasteiger partial charge in [0, 0.05) is 73.8 Å². The second-order valence-corrected chi connectivity index (χ2v) is 16.9. The van der Waals surface area contributed by atoms with Crippen molar-refractivity contribution in [3.63, 3.8) is 0 Å². The van der Waals surface area contributed by atoms with Crippen LogP contribution in [0.3, 0.4) is 0 Å². The minimum absolute atomic E-state index is 0.122. The van der Waals surface area contributed by atoms with Gasteiger partial charge in [-0.1, -0.05) is 121 Å². The SMILES string of the molecule is C1=CCC(c2nc(-c3ccccc3)nc(-c3ccc4c(c3)sc3cc(-c5ccc6c(c5)c5cc7sc8ccccc8c7cc5n6-c5ccccc5)ccc34)n2)C=C1. The summed E-state index contributed by atoms with van der Waals surface area (Å²) in [6.45, 7) is 0. The summed E-state index contributed by atoms with van der Waals surface area (Å²) in [5, 5.41) is 7.68. The van der Waals surface area contributed by atoms with Crippen LogP contribution in [0.4, 0.5) is 0 Å².